The monoisotopic (exact) mass is 409 g/mol. The van der Waals surface area contributed by atoms with Gasteiger partial charge in [0.15, 0.2) is 5.11 Å². The van der Waals surface area contributed by atoms with Crippen LogP contribution in [-0.4, -0.2) is 16.9 Å². The van der Waals surface area contributed by atoms with Crippen LogP contribution in [0.5, 0.6) is 0 Å². The normalized spacial score (nSPS) is 10.1. The highest BCUT2D eigenvalue weighted by Crippen LogP contribution is 2.19. The number of hydrogen-bond donors (Lipinski definition) is 3. The lowest BCUT2D eigenvalue weighted by molar-refractivity contribution is -0.116. The Morgan fingerprint density at radius 3 is 2.04 bits per heavy atom. The number of halogens is 2. The lowest BCUT2D eigenvalue weighted by Crippen LogP contribution is -2.34. The summed E-state index contributed by atoms with van der Waals surface area (Å²) in [6.07, 6.45) is 1.26. The topological polar surface area (TPSA) is 70.2 Å². The maximum absolute atomic E-state index is 12.2. The third-order valence-corrected chi connectivity index (χ3v) is 3.90. The predicted octanol–water partition coefficient (Wildman–Crippen LogP) is 4.86. The molecule has 2 amide bonds. The second-order valence-electron chi connectivity index (χ2n) is 5.44. The molecule has 2 aromatic carbocycles. The van der Waals surface area contributed by atoms with E-state index in [1.165, 1.54) is 18.2 Å². The minimum absolute atomic E-state index is 0.0313. The van der Waals surface area contributed by atoms with E-state index in [-0.39, 0.29) is 11.0 Å². The van der Waals surface area contributed by atoms with E-state index in [0.717, 1.165) is 6.42 Å². The zero-order valence-corrected chi connectivity index (χ0v) is 16.3. The van der Waals surface area contributed by atoms with Crippen molar-refractivity contribution in [3.63, 3.8) is 0 Å². The Morgan fingerprint density at radius 1 is 0.962 bits per heavy atom. The zero-order chi connectivity index (χ0) is 19.1. The van der Waals surface area contributed by atoms with Crippen LogP contribution in [0.25, 0.3) is 0 Å². The largest absolute Gasteiger partial charge is 0.332 e. The Bertz CT molecular complexity index is 805. The molecule has 8 heteroatoms. The molecule has 0 aliphatic rings. The van der Waals surface area contributed by atoms with Crippen molar-refractivity contribution in [3.05, 3.63) is 58.1 Å². The predicted molar refractivity (Wildman–Crippen MR) is 110 cm³/mol. The Morgan fingerprint density at radius 2 is 1.50 bits per heavy atom. The van der Waals surface area contributed by atoms with E-state index < -0.39 is 5.91 Å². The summed E-state index contributed by atoms with van der Waals surface area (Å²) in [5.41, 5.74) is 1.67. The van der Waals surface area contributed by atoms with E-state index in [2.05, 4.69) is 16.0 Å². The van der Waals surface area contributed by atoms with Gasteiger partial charge < -0.3 is 10.6 Å². The van der Waals surface area contributed by atoms with E-state index >= 15 is 0 Å². The summed E-state index contributed by atoms with van der Waals surface area (Å²) < 4.78 is 0. The molecule has 0 unspecified atom stereocenters. The van der Waals surface area contributed by atoms with Crippen LogP contribution in [0.2, 0.25) is 10.0 Å². The number of hydrogen-bond acceptors (Lipinski definition) is 3. The van der Waals surface area contributed by atoms with Crippen molar-refractivity contribution >= 4 is 63.7 Å². The highest BCUT2D eigenvalue weighted by Gasteiger charge is 2.10. The van der Waals surface area contributed by atoms with Crippen LogP contribution in [0.4, 0.5) is 11.4 Å². The van der Waals surface area contributed by atoms with Crippen molar-refractivity contribution < 1.29 is 9.59 Å². The van der Waals surface area contributed by atoms with Crippen LogP contribution in [0.1, 0.15) is 30.1 Å². The van der Waals surface area contributed by atoms with Crippen molar-refractivity contribution in [2.75, 3.05) is 10.6 Å². The summed E-state index contributed by atoms with van der Waals surface area (Å²) in [4.78, 5) is 23.7. The van der Waals surface area contributed by atoms with Gasteiger partial charge in [0.1, 0.15) is 0 Å². The Labute approximate surface area is 167 Å². The lowest BCUT2D eigenvalue weighted by Gasteiger charge is -2.11. The summed E-state index contributed by atoms with van der Waals surface area (Å²) in [5, 5.41) is 9.11. The molecule has 0 saturated heterocycles. The molecule has 0 aromatic heterocycles. The minimum Gasteiger partial charge on any atom is -0.332 e. The number of rotatable bonds is 5. The summed E-state index contributed by atoms with van der Waals surface area (Å²) in [6, 6.07) is 11.5. The number of thiocarbonyl (C=S) groups is 1. The summed E-state index contributed by atoms with van der Waals surface area (Å²) in [5.74, 6) is -0.452. The van der Waals surface area contributed by atoms with E-state index in [1.807, 2.05) is 6.92 Å². The first-order valence-corrected chi connectivity index (χ1v) is 9.02. The van der Waals surface area contributed by atoms with Crippen LogP contribution < -0.4 is 16.0 Å². The van der Waals surface area contributed by atoms with Crippen molar-refractivity contribution in [2.45, 2.75) is 19.8 Å². The fraction of sp³-hybridized carbons (Fsp3) is 0.167. The molecule has 26 heavy (non-hydrogen) atoms. The molecule has 0 heterocycles. The SMILES string of the molecule is CCCC(=O)Nc1ccc(NC(=S)NC(=O)c2cc(Cl)cc(Cl)c2)cc1. The molecule has 0 fully saturated rings. The molecule has 3 N–H and O–H groups in total. The summed E-state index contributed by atoms with van der Waals surface area (Å²) >= 11 is 16.9. The number of anilines is 2. The number of carbonyl (C=O) groups is 2. The van der Waals surface area contributed by atoms with Crippen molar-refractivity contribution in [1.29, 1.82) is 0 Å². The molecule has 0 aliphatic carbocycles. The maximum Gasteiger partial charge on any atom is 0.257 e. The molecule has 136 valence electrons. The van der Waals surface area contributed by atoms with Gasteiger partial charge in [0.2, 0.25) is 5.91 Å². The molecule has 0 aliphatic heterocycles. The third kappa shape index (κ3) is 6.29. The van der Waals surface area contributed by atoms with Gasteiger partial charge in [-0.3, -0.25) is 14.9 Å². The summed E-state index contributed by atoms with van der Waals surface area (Å²) in [6.45, 7) is 1.94. The van der Waals surface area contributed by atoms with Crippen LogP contribution in [0.3, 0.4) is 0 Å². The smallest absolute Gasteiger partial charge is 0.257 e. The first-order chi connectivity index (χ1) is 12.4. The van der Waals surface area contributed by atoms with Crippen LogP contribution >= 0.6 is 35.4 Å². The van der Waals surface area contributed by atoms with Gasteiger partial charge in [-0.05, 0) is 61.1 Å². The van der Waals surface area contributed by atoms with Gasteiger partial charge in [0, 0.05) is 33.4 Å². The van der Waals surface area contributed by atoms with Gasteiger partial charge >= 0.3 is 0 Å². The molecule has 2 rings (SSSR count). The molecular formula is C18H17Cl2N3O2S. The number of benzene rings is 2. The van der Waals surface area contributed by atoms with Crippen LogP contribution in [0.15, 0.2) is 42.5 Å². The lowest BCUT2D eigenvalue weighted by atomic mass is 10.2. The first kappa shape index (κ1) is 20.2. The molecule has 0 bridgehead atoms. The van der Waals surface area contributed by atoms with Gasteiger partial charge in [0.05, 0.1) is 0 Å². The summed E-state index contributed by atoms with van der Waals surface area (Å²) in [7, 11) is 0. The average Bonchev–Trinajstić information content (AvgIpc) is 2.56. The van der Waals surface area contributed by atoms with Crippen LogP contribution in [-0.2, 0) is 4.79 Å². The zero-order valence-electron chi connectivity index (χ0n) is 13.9. The number of amides is 2. The molecule has 0 atom stereocenters. The van der Waals surface area contributed by atoms with E-state index in [4.69, 9.17) is 35.4 Å². The second-order valence-corrected chi connectivity index (χ2v) is 6.72. The van der Waals surface area contributed by atoms with Crippen molar-refractivity contribution in [3.8, 4) is 0 Å². The molecule has 2 aromatic rings. The number of nitrogens with one attached hydrogen (secondary N) is 3. The van der Waals surface area contributed by atoms with Crippen molar-refractivity contribution in [2.24, 2.45) is 0 Å². The highest BCUT2D eigenvalue weighted by molar-refractivity contribution is 7.80. The Balaban J connectivity index is 1.93. The molecular weight excluding hydrogens is 393 g/mol. The molecule has 0 saturated carbocycles. The van der Waals surface area contributed by atoms with Gasteiger partial charge in [-0.2, -0.15) is 0 Å². The molecule has 0 radical (unpaired) electrons. The maximum atomic E-state index is 12.2. The first-order valence-electron chi connectivity index (χ1n) is 7.85. The third-order valence-electron chi connectivity index (χ3n) is 3.26. The van der Waals surface area contributed by atoms with Crippen LogP contribution in [0, 0.1) is 0 Å². The van der Waals surface area contributed by atoms with Gasteiger partial charge in [-0.1, -0.05) is 30.1 Å². The van der Waals surface area contributed by atoms with Gasteiger partial charge in [-0.15, -0.1) is 0 Å². The molecule has 5 nitrogen and oxygen atoms in total. The van der Waals surface area contributed by atoms with Crippen molar-refractivity contribution in [1.82, 2.24) is 5.32 Å². The van der Waals surface area contributed by atoms with E-state index in [1.54, 1.807) is 24.3 Å². The standard InChI is InChI=1S/C18H17Cl2N3O2S/c1-2-3-16(24)21-14-4-6-15(7-5-14)22-18(26)23-17(25)11-8-12(19)10-13(20)9-11/h4-10H,2-3H2,1H3,(H,21,24)(H2,22,23,25,26). The number of carbonyl (C=O) groups excluding carboxylic acids is 2. The Kier molecular flexibility index (Phi) is 7.38. The average molecular weight is 410 g/mol. The fourth-order valence-corrected chi connectivity index (χ4v) is 2.85. The quantitative estimate of drug-likeness (QED) is 0.616. The minimum atomic E-state index is -0.421. The highest BCUT2D eigenvalue weighted by atomic mass is 35.5. The van der Waals surface area contributed by atoms with Gasteiger partial charge in [-0.25, -0.2) is 0 Å². The van der Waals surface area contributed by atoms with E-state index in [0.29, 0.717) is 33.4 Å². The van der Waals surface area contributed by atoms with Gasteiger partial charge in [0.25, 0.3) is 5.91 Å². The molecule has 0 spiro atoms. The second kappa shape index (κ2) is 9.52. The fourth-order valence-electron chi connectivity index (χ4n) is 2.11. The van der Waals surface area contributed by atoms with E-state index in [9.17, 15) is 9.59 Å². The Hall–Kier alpha value is -2.15.